The predicted octanol–water partition coefficient (Wildman–Crippen LogP) is 2.01. The quantitative estimate of drug-likeness (QED) is 0.776. The lowest BCUT2D eigenvalue weighted by molar-refractivity contribution is -0.0152. The third-order valence-electron chi connectivity index (χ3n) is 1.90. The molecule has 4 nitrogen and oxygen atoms in total. The van der Waals surface area contributed by atoms with E-state index in [1.807, 2.05) is 20.8 Å². The Balaban J connectivity index is 2.33. The highest BCUT2D eigenvalue weighted by Gasteiger charge is 2.12. The van der Waals surface area contributed by atoms with Crippen LogP contribution in [0.3, 0.4) is 0 Å². The van der Waals surface area contributed by atoms with Gasteiger partial charge in [-0.05, 0) is 27.3 Å². The van der Waals surface area contributed by atoms with Crippen molar-refractivity contribution in [2.24, 2.45) is 0 Å². The Morgan fingerprint density at radius 3 is 2.56 bits per heavy atom. The maximum Gasteiger partial charge on any atom is 0.143 e. The number of hydrogen-bond acceptors (Lipinski definition) is 5. The number of ether oxygens (including phenoxy) is 1. The molecule has 0 saturated heterocycles. The van der Waals surface area contributed by atoms with E-state index in [9.17, 15) is 0 Å². The van der Waals surface area contributed by atoms with Gasteiger partial charge in [0, 0.05) is 13.0 Å². The molecule has 0 unspecified atom stereocenters. The molecule has 0 radical (unpaired) electrons. The molecule has 0 saturated carbocycles. The largest absolute Gasteiger partial charge is 0.369 e. The molecule has 92 valence electrons. The van der Waals surface area contributed by atoms with E-state index >= 15 is 0 Å². The summed E-state index contributed by atoms with van der Waals surface area (Å²) in [6, 6.07) is 0. The maximum atomic E-state index is 5.65. The first kappa shape index (κ1) is 13.5. The molecule has 1 aromatic heterocycles. The molecular weight excluding hydrogens is 222 g/mol. The monoisotopic (exact) mass is 243 g/mol. The fraction of sp³-hybridized carbons (Fsp3) is 0.818. The van der Waals surface area contributed by atoms with Crippen molar-refractivity contribution in [3.8, 4) is 0 Å². The Kier molecular flexibility index (Phi) is 5.31. The van der Waals surface area contributed by atoms with E-state index in [4.69, 9.17) is 4.74 Å². The van der Waals surface area contributed by atoms with Crippen LogP contribution in [-0.2, 0) is 17.8 Å². The van der Waals surface area contributed by atoms with Gasteiger partial charge in [-0.1, -0.05) is 18.3 Å². The highest BCUT2D eigenvalue weighted by molar-refractivity contribution is 7.11. The number of rotatable bonds is 6. The van der Waals surface area contributed by atoms with Gasteiger partial charge in [0.05, 0.1) is 5.60 Å². The molecule has 0 aliphatic heterocycles. The summed E-state index contributed by atoms with van der Waals surface area (Å²) >= 11 is 1.64. The van der Waals surface area contributed by atoms with E-state index in [2.05, 4.69) is 22.4 Å². The van der Waals surface area contributed by atoms with Gasteiger partial charge >= 0.3 is 0 Å². The van der Waals surface area contributed by atoms with Gasteiger partial charge in [-0.2, -0.15) is 0 Å². The molecule has 16 heavy (non-hydrogen) atoms. The molecule has 0 amide bonds. The summed E-state index contributed by atoms with van der Waals surface area (Å²) in [6.45, 7) is 10.7. The Bertz CT molecular complexity index is 306. The second kappa shape index (κ2) is 6.27. The van der Waals surface area contributed by atoms with Gasteiger partial charge in [0.1, 0.15) is 16.6 Å². The minimum Gasteiger partial charge on any atom is -0.369 e. The lowest BCUT2D eigenvalue weighted by Gasteiger charge is -2.17. The van der Waals surface area contributed by atoms with Crippen LogP contribution in [0.15, 0.2) is 0 Å². The van der Waals surface area contributed by atoms with Gasteiger partial charge in [-0.25, -0.2) is 0 Å². The summed E-state index contributed by atoms with van der Waals surface area (Å²) in [4.78, 5) is 0. The van der Waals surface area contributed by atoms with Crippen LogP contribution in [-0.4, -0.2) is 28.9 Å². The second-order valence-corrected chi connectivity index (χ2v) is 5.74. The number of nitrogens with zero attached hydrogens (tertiary/aromatic N) is 2. The minimum absolute atomic E-state index is 0.115. The molecule has 0 aromatic carbocycles. The topological polar surface area (TPSA) is 47.0 Å². The smallest absolute Gasteiger partial charge is 0.143 e. The van der Waals surface area contributed by atoms with Gasteiger partial charge in [-0.3, -0.25) is 0 Å². The zero-order valence-electron chi connectivity index (χ0n) is 10.5. The fourth-order valence-corrected chi connectivity index (χ4v) is 1.86. The molecule has 0 bridgehead atoms. The predicted molar refractivity (Wildman–Crippen MR) is 66.7 cm³/mol. The first-order chi connectivity index (χ1) is 7.51. The van der Waals surface area contributed by atoms with E-state index in [1.165, 1.54) is 0 Å². The third kappa shape index (κ3) is 5.53. The fourth-order valence-electron chi connectivity index (χ4n) is 1.10. The van der Waals surface area contributed by atoms with Crippen molar-refractivity contribution in [1.29, 1.82) is 0 Å². The SMILES string of the molecule is CCNCCc1nnc(COC(C)(C)C)s1. The maximum absolute atomic E-state index is 5.65. The van der Waals surface area contributed by atoms with Crippen LogP contribution in [0.25, 0.3) is 0 Å². The van der Waals surface area contributed by atoms with Crippen molar-refractivity contribution < 1.29 is 4.74 Å². The number of likely N-dealkylation sites (N-methyl/N-ethyl adjacent to an activating group) is 1. The average Bonchev–Trinajstić information content (AvgIpc) is 2.62. The van der Waals surface area contributed by atoms with Crippen LogP contribution >= 0.6 is 11.3 Å². The molecule has 1 aromatic rings. The number of hydrogen-bond donors (Lipinski definition) is 1. The van der Waals surface area contributed by atoms with Crippen LogP contribution in [0.2, 0.25) is 0 Å². The molecule has 1 rings (SSSR count). The Hall–Kier alpha value is -0.520. The summed E-state index contributed by atoms with van der Waals surface area (Å²) in [6.07, 6.45) is 0.945. The van der Waals surface area contributed by atoms with E-state index in [0.717, 1.165) is 29.5 Å². The summed E-state index contributed by atoms with van der Waals surface area (Å²) in [7, 11) is 0. The van der Waals surface area contributed by atoms with E-state index in [-0.39, 0.29) is 5.60 Å². The first-order valence-electron chi connectivity index (χ1n) is 5.67. The van der Waals surface area contributed by atoms with Crippen molar-refractivity contribution in [1.82, 2.24) is 15.5 Å². The van der Waals surface area contributed by atoms with Crippen LogP contribution in [0.1, 0.15) is 37.7 Å². The summed E-state index contributed by atoms with van der Waals surface area (Å²) in [5.74, 6) is 0. The minimum atomic E-state index is -0.115. The van der Waals surface area contributed by atoms with Crippen LogP contribution < -0.4 is 5.32 Å². The van der Waals surface area contributed by atoms with E-state index in [0.29, 0.717) is 6.61 Å². The molecule has 1 N–H and O–H groups in total. The van der Waals surface area contributed by atoms with E-state index in [1.54, 1.807) is 11.3 Å². The van der Waals surface area contributed by atoms with Gasteiger partial charge in [0.2, 0.25) is 0 Å². The van der Waals surface area contributed by atoms with Crippen LogP contribution in [0, 0.1) is 0 Å². The van der Waals surface area contributed by atoms with Crippen molar-refractivity contribution in [3.05, 3.63) is 10.0 Å². The molecule has 5 heteroatoms. The lowest BCUT2D eigenvalue weighted by atomic mass is 10.2. The second-order valence-electron chi connectivity index (χ2n) is 4.59. The van der Waals surface area contributed by atoms with Crippen molar-refractivity contribution in [2.45, 2.75) is 46.3 Å². The highest BCUT2D eigenvalue weighted by Crippen LogP contribution is 2.15. The van der Waals surface area contributed by atoms with Crippen molar-refractivity contribution in [2.75, 3.05) is 13.1 Å². The molecule has 0 spiro atoms. The third-order valence-corrected chi connectivity index (χ3v) is 2.86. The molecule has 0 atom stereocenters. The van der Waals surface area contributed by atoms with Crippen LogP contribution in [0.4, 0.5) is 0 Å². The Labute approximate surface area is 101 Å². The van der Waals surface area contributed by atoms with E-state index < -0.39 is 0 Å². The van der Waals surface area contributed by atoms with Gasteiger partial charge in [-0.15, -0.1) is 10.2 Å². The van der Waals surface area contributed by atoms with Crippen LogP contribution in [0.5, 0.6) is 0 Å². The lowest BCUT2D eigenvalue weighted by Crippen LogP contribution is -2.18. The van der Waals surface area contributed by atoms with Gasteiger partial charge < -0.3 is 10.1 Å². The van der Waals surface area contributed by atoms with Gasteiger partial charge in [0.25, 0.3) is 0 Å². The zero-order valence-corrected chi connectivity index (χ0v) is 11.4. The number of nitrogens with one attached hydrogen (secondary N) is 1. The molecule has 0 aliphatic rings. The normalized spacial score (nSPS) is 12.0. The Morgan fingerprint density at radius 2 is 1.94 bits per heavy atom. The first-order valence-corrected chi connectivity index (χ1v) is 6.49. The Morgan fingerprint density at radius 1 is 1.25 bits per heavy atom. The zero-order chi connectivity index (χ0) is 12.0. The molecule has 0 fully saturated rings. The molecule has 0 aliphatic carbocycles. The van der Waals surface area contributed by atoms with Gasteiger partial charge in [0.15, 0.2) is 0 Å². The summed E-state index contributed by atoms with van der Waals surface area (Å²) in [5.41, 5.74) is -0.115. The standard InChI is InChI=1S/C11H21N3OS/c1-5-12-7-6-9-13-14-10(16-9)8-15-11(2,3)4/h12H,5-8H2,1-4H3. The summed E-state index contributed by atoms with van der Waals surface area (Å²) in [5, 5.41) is 13.6. The van der Waals surface area contributed by atoms with Crippen molar-refractivity contribution >= 4 is 11.3 Å². The molecule has 1 heterocycles. The molecular formula is C11H21N3OS. The highest BCUT2D eigenvalue weighted by atomic mass is 32.1. The average molecular weight is 243 g/mol. The van der Waals surface area contributed by atoms with Crippen molar-refractivity contribution in [3.63, 3.8) is 0 Å². The summed E-state index contributed by atoms with van der Waals surface area (Å²) < 4.78 is 5.65. The number of aromatic nitrogens is 2.